The Morgan fingerprint density at radius 2 is 0.860 bits per heavy atom. The maximum absolute atomic E-state index is 6.28. The second-order valence-electron chi connectivity index (χ2n) is 11.0. The van der Waals surface area contributed by atoms with Gasteiger partial charge in [-0.05, 0) is 62.6 Å². The molecular formula is C40H24N2O. The number of aromatic nitrogens is 2. The molecule has 0 aliphatic carbocycles. The monoisotopic (exact) mass is 548 g/mol. The van der Waals surface area contributed by atoms with Gasteiger partial charge in [0.1, 0.15) is 11.2 Å². The Labute approximate surface area is 247 Å². The lowest BCUT2D eigenvalue weighted by atomic mass is 9.92. The second-order valence-corrected chi connectivity index (χ2v) is 11.0. The van der Waals surface area contributed by atoms with Crippen molar-refractivity contribution in [1.29, 1.82) is 0 Å². The lowest BCUT2D eigenvalue weighted by Gasteiger charge is -2.13. The van der Waals surface area contributed by atoms with E-state index in [1.165, 1.54) is 32.3 Å². The van der Waals surface area contributed by atoms with Gasteiger partial charge in [0.05, 0.1) is 11.4 Å². The number of hydrogen-bond acceptors (Lipinski definition) is 3. The molecule has 0 radical (unpaired) electrons. The first-order valence-electron chi connectivity index (χ1n) is 14.5. The van der Waals surface area contributed by atoms with Crippen molar-refractivity contribution in [3.63, 3.8) is 0 Å². The van der Waals surface area contributed by atoms with Crippen molar-refractivity contribution in [2.75, 3.05) is 0 Å². The van der Waals surface area contributed by atoms with E-state index in [1.807, 2.05) is 48.5 Å². The Bertz CT molecular complexity index is 2440. The standard InChI is InChI=1S/C40H24N2O/c1-3-11-25(12-4-1)36-24-37(26-13-5-2-6-14-26)42-40(41-36)27-19-20-30-32(21-27)28-15-7-8-16-29(28)34-23-39-35(22-33(30)34)31-17-9-10-18-38(31)43-39/h1-24H. The predicted octanol–water partition coefficient (Wildman–Crippen LogP) is 10.8. The zero-order valence-electron chi connectivity index (χ0n) is 23.2. The van der Waals surface area contributed by atoms with Crippen LogP contribution in [0, 0.1) is 0 Å². The maximum Gasteiger partial charge on any atom is 0.160 e. The Hall–Kier alpha value is -5.80. The van der Waals surface area contributed by atoms with E-state index in [-0.39, 0.29) is 0 Å². The summed E-state index contributed by atoms with van der Waals surface area (Å²) < 4.78 is 6.28. The number of rotatable bonds is 3. The first-order chi connectivity index (χ1) is 21.3. The molecule has 43 heavy (non-hydrogen) atoms. The molecule has 0 spiro atoms. The van der Waals surface area contributed by atoms with E-state index in [9.17, 15) is 0 Å². The highest BCUT2D eigenvalue weighted by Crippen LogP contribution is 2.41. The van der Waals surface area contributed by atoms with E-state index in [1.54, 1.807) is 0 Å². The van der Waals surface area contributed by atoms with Gasteiger partial charge in [-0.3, -0.25) is 0 Å². The van der Waals surface area contributed by atoms with Crippen molar-refractivity contribution >= 4 is 54.3 Å². The molecule has 0 fully saturated rings. The summed E-state index contributed by atoms with van der Waals surface area (Å²) in [4.78, 5) is 10.2. The van der Waals surface area contributed by atoms with Crippen molar-refractivity contribution in [3.05, 3.63) is 146 Å². The minimum atomic E-state index is 0.711. The fourth-order valence-electron chi connectivity index (χ4n) is 6.40. The summed E-state index contributed by atoms with van der Waals surface area (Å²) in [6, 6.07) is 50.8. The van der Waals surface area contributed by atoms with Gasteiger partial charge in [0.25, 0.3) is 0 Å². The van der Waals surface area contributed by atoms with E-state index in [2.05, 4.69) is 97.1 Å². The van der Waals surface area contributed by atoms with Gasteiger partial charge < -0.3 is 4.42 Å². The summed E-state index contributed by atoms with van der Waals surface area (Å²) >= 11 is 0. The van der Waals surface area contributed by atoms with Gasteiger partial charge in [0, 0.05) is 27.5 Å². The van der Waals surface area contributed by atoms with Gasteiger partial charge in [0.2, 0.25) is 0 Å². The van der Waals surface area contributed by atoms with Crippen LogP contribution in [0.1, 0.15) is 0 Å². The van der Waals surface area contributed by atoms with Crippen LogP contribution < -0.4 is 0 Å². The molecule has 9 rings (SSSR count). The molecule has 0 amide bonds. The normalized spacial score (nSPS) is 11.7. The van der Waals surface area contributed by atoms with Crippen LogP contribution in [0.3, 0.4) is 0 Å². The van der Waals surface area contributed by atoms with Crippen molar-refractivity contribution < 1.29 is 4.42 Å². The van der Waals surface area contributed by atoms with Gasteiger partial charge in [-0.25, -0.2) is 9.97 Å². The van der Waals surface area contributed by atoms with Crippen molar-refractivity contribution in [1.82, 2.24) is 9.97 Å². The largest absolute Gasteiger partial charge is 0.456 e. The summed E-state index contributed by atoms with van der Waals surface area (Å²) in [5.41, 5.74) is 6.75. The molecule has 0 aliphatic rings. The quantitative estimate of drug-likeness (QED) is 0.206. The van der Waals surface area contributed by atoms with Gasteiger partial charge in [-0.1, -0.05) is 115 Å². The van der Waals surface area contributed by atoms with Crippen molar-refractivity contribution in [2.45, 2.75) is 0 Å². The fourth-order valence-corrected chi connectivity index (χ4v) is 6.40. The van der Waals surface area contributed by atoms with Crippen LogP contribution in [0.5, 0.6) is 0 Å². The summed E-state index contributed by atoms with van der Waals surface area (Å²) in [7, 11) is 0. The predicted molar refractivity (Wildman–Crippen MR) is 178 cm³/mol. The molecule has 0 unspecified atom stereocenters. The molecule has 2 aromatic heterocycles. The Morgan fingerprint density at radius 1 is 0.326 bits per heavy atom. The third-order valence-electron chi connectivity index (χ3n) is 8.46. The second kappa shape index (κ2) is 9.37. The van der Waals surface area contributed by atoms with Gasteiger partial charge in [-0.15, -0.1) is 0 Å². The van der Waals surface area contributed by atoms with E-state index in [0.29, 0.717) is 5.82 Å². The molecule has 2 heterocycles. The lowest BCUT2D eigenvalue weighted by Crippen LogP contribution is -1.96. The topological polar surface area (TPSA) is 38.9 Å². The maximum atomic E-state index is 6.28. The third kappa shape index (κ3) is 3.83. The highest BCUT2D eigenvalue weighted by molar-refractivity contribution is 6.28. The zero-order valence-corrected chi connectivity index (χ0v) is 23.2. The van der Waals surface area contributed by atoms with Crippen LogP contribution >= 0.6 is 0 Å². The SMILES string of the molecule is c1ccc(-c2cc(-c3ccccc3)nc(-c3ccc4c(c3)c3ccccc3c3cc5oc6ccccc6c5cc43)n2)cc1. The van der Waals surface area contributed by atoms with Gasteiger partial charge in [-0.2, -0.15) is 0 Å². The molecule has 0 aliphatic heterocycles. The Kier molecular flexibility index (Phi) is 5.20. The highest BCUT2D eigenvalue weighted by atomic mass is 16.3. The van der Waals surface area contributed by atoms with Crippen LogP contribution in [-0.4, -0.2) is 9.97 Å². The first kappa shape index (κ1) is 23.9. The van der Waals surface area contributed by atoms with Crippen LogP contribution in [0.15, 0.2) is 150 Å². The number of benzene rings is 7. The smallest absolute Gasteiger partial charge is 0.160 e. The van der Waals surface area contributed by atoms with E-state index >= 15 is 0 Å². The van der Waals surface area contributed by atoms with E-state index < -0.39 is 0 Å². The summed E-state index contributed by atoms with van der Waals surface area (Å²) in [6.45, 7) is 0. The van der Waals surface area contributed by atoms with Gasteiger partial charge >= 0.3 is 0 Å². The molecule has 0 bridgehead atoms. The minimum Gasteiger partial charge on any atom is -0.456 e. The van der Waals surface area contributed by atoms with Crippen molar-refractivity contribution in [3.8, 4) is 33.9 Å². The van der Waals surface area contributed by atoms with Crippen LogP contribution in [0.25, 0.3) is 88.2 Å². The number of furan rings is 1. The first-order valence-corrected chi connectivity index (χ1v) is 14.5. The average Bonchev–Trinajstić information content (AvgIpc) is 3.45. The molecular weight excluding hydrogens is 524 g/mol. The molecule has 0 saturated carbocycles. The van der Waals surface area contributed by atoms with Crippen LogP contribution in [0.4, 0.5) is 0 Å². The molecule has 9 aromatic rings. The average molecular weight is 549 g/mol. The number of para-hydroxylation sites is 1. The van der Waals surface area contributed by atoms with Crippen LogP contribution in [-0.2, 0) is 0 Å². The Morgan fingerprint density at radius 3 is 1.53 bits per heavy atom. The third-order valence-corrected chi connectivity index (χ3v) is 8.46. The highest BCUT2D eigenvalue weighted by Gasteiger charge is 2.16. The van der Waals surface area contributed by atoms with Crippen molar-refractivity contribution in [2.24, 2.45) is 0 Å². The minimum absolute atomic E-state index is 0.711. The molecule has 0 atom stereocenters. The molecule has 7 aromatic carbocycles. The van der Waals surface area contributed by atoms with Crippen LogP contribution in [0.2, 0.25) is 0 Å². The molecule has 0 N–H and O–H groups in total. The fraction of sp³-hybridized carbons (Fsp3) is 0. The zero-order chi connectivity index (χ0) is 28.3. The molecule has 3 heteroatoms. The van der Waals surface area contributed by atoms with E-state index in [4.69, 9.17) is 14.4 Å². The lowest BCUT2D eigenvalue weighted by molar-refractivity contribution is 0.669. The molecule has 3 nitrogen and oxygen atoms in total. The number of hydrogen-bond donors (Lipinski definition) is 0. The molecule has 200 valence electrons. The molecule has 0 saturated heterocycles. The number of nitrogens with zero attached hydrogens (tertiary/aromatic N) is 2. The van der Waals surface area contributed by atoms with E-state index in [0.717, 1.165) is 50.0 Å². The number of fused-ring (bicyclic) bond motifs is 9. The Balaban J connectivity index is 1.33. The summed E-state index contributed by atoms with van der Waals surface area (Å²) in [6.07, 6.45) is 0. The van der Waals surface area contributed by atoms with Gasteiger partial charge in [0.15, 0.2) is 5.82 Å². The summed E-state index contributed by atoms with van der Waals surface area (Å²) in [5.74, 6) is 0.711. The summed E-state index contributed by atoms with van der Waals surface area (Å²) in [5, 5.41) is 9.46.